The molecule has 0 unspecified atom stereocenters. The minimum atomic E-state index is 0.794. The second-order valence-corrected chi connectivity index (χ2v) is 3.10. The van der Waals surface area contributed by atoms with Crippen LogP contribution in [0.5, 0.6) is 0 Å². The van der Waals surface area contributed by atoms with Crippen LogP contribution in [0.4, 0.5) is 0 Å². The summed E-state index contributed by atoms with van der Waals surface area (Å²) in [5.74, 6) is 6.83. The van der Waals surface area contributed by atoms with E-state index in [1.54, 1.807) is 0 Å². The lowest BCUT2D eigenvalue weighted by atomic mass is 10.2. The van der Waals surface area contributed by atoms with E-state index in [9.17, 15) is 0 Å². The molecule has 0 heterocycles. The molecule has 0 aliphatic heterocycles. The van der Waals surface area contributed by atoms with Crippen molar-refractivity contribution in [3.05, 3.63) is 0 Å². The summed E-state index contributed by atoms with van der Waals surface area (Å²) in [7, 11) is 0. The van der Waals surface area contributed by atoms with Gasteiger partial charge in [-0.1, -0.05) is 0 Å². The van der Waals surface area contributed by atoms with Gasteiger partial charge in [-0.2, -0.15) is 5.10 Å². The summed E-state index contributed by atoms with van der Waals surface area (Å²) in [4.78, 5) is 0. The standard InChI is InChI=1S/C7H12N2/c8-9-7(5-1-2-5)6-3-4-6/h5-6H,1-4,8H2. The van der Waals surface area contributed by atoms with Crippen LogP contribution in [0.2, 0.25) is 0 Å². The highest BCUT2D eigenvalue weighted by Gasteiger charge is 2.37. The zero-order chi connectivity index (χ0) is 6.27. The van der Waals surface area contributed by atoms with E-state index >= 15 is 0 Å². The Bertz CT molecular complexity index is 129. The number of rotatable bonds is 2. The van der Waals surface area contributed by atoms with Crippen LogP contribution in [0.25, 0.3) is 0 Å². The number of nitrogens with zero attached hydrogens (tertiary/aromatic N) is 1. The van der Waals surface area contributed by atoms with Crippen molar-refractivity contribution in [3.8, 4) is 0 Å². The third-order valence-electron chi connectivity index (χ3n) is 2.14. The minimum Gasteiger partial charge on any atom is -0.323 e. The average molecular weight is 124 g/mol. The molecular formula is C7H12N2. The van der Waals surface area contributed by atoms with Gasteiger partial charge in [-0.3, -0.25) is 0 Å². The van der Waals surface area contributed by atoms with Gasteiger partial charge in [0.2, 0.25) is 0 Å². The molecule has 0 radical (unpaired) electrons. The van der Waals surface area contributed by atoms with Crippen molar-refractivity contribution in [1.82, 2.24) is 0 Å². The Balaban J connectivity index is 2.01. The molecular weight excluding hydrogens is 112 g/mol. The van der Waals surface area contributed by atoms with Crippen LogP contribution in [0.1, 0.15) is 25.7 Å². The van der Waals surface area contributed by atoms with Crippen LogP contribution in [0, 0.1) is 11.8 Å². The Morgan fingerprint density at radius 2 is 1.56 bits per heavy atom. The van der Waals surface area contributed by atoms with Gasteiger partial charge < -0.3 is 5.84 Å². The number of hydrazone groups is 1. The van der Waals surface area contributed by atoms with Gasteiger partial charge in [-0.25, -0.2) is 0 Å². The van der Waals surface area contributed by atoms with Gasteiger partial charge in [0.1, 0.15) is 0 Å². The second-order valence-electron chi connectivity index (χ2n) is 3.10. The van der Waals surface area contributed by atoms with Gasteiger partial charge >= 0.3 is 0 Å². The molecule has 2 aliphatic carbocycles. The Labute approximate surface area is 55.1 Å². The van der Waals surface area contributed by atoms with E-state index < -0.39 is 0 Å². The van der Waals surface area contributed by atoms with Crippen LogP contribution in [0.3, 0.4) is 0 Å². The normalized spacial score (nSPS) is 25.8. The van der Waals surface area contributed by atoms with Crippen molar-refractivity contribution < 1.29 is 0 Å². The lowest BCUT2D eigenvalue weighted by molar-refractivity contribution is 1.01. The van der Waals surface area contributed by atoms with Crippen molar-refractivity contribution in [3.63, 3.8) is 0 Å². The fraction of sp³-hybridized carbons (Fsp3) is 0.857. The van der Waals surface area contributed by atoms with Gasteiger partial charge in [0, 0.05) is 5.71 Å². The maximum atomic E-state index is 5.24. The Morgan fingerprint density at radius 1 is 1.11 bits per heavy atom. The van der Waals surface area contributed by atoms with Crippen LogP contribution in [-0.4, -0.2) is 5.71 Å². The topological polar surface area (TPSA) is 38.4 Å². The van der Waals surface area contributed by atoms with Crippen LogP contribution in [-0.2, 0) is 0 Å². The van der Waals surface area contributed by atoms with E-state index in [0.29, 0.717) is 0 Å². The van der Waals surface area contributed by atoms with Crippen LogP contribution < -0.4 is 5.84 Å². The summed E-state index contributed by atoms with van der Waals surface area (Å²) in [6.07, 6.45) is 5.36. The van der Waals surface area contributed by atoms with Crippen molar-refractivity contribution >= 4 is 5.71 Å². The summed E-state index contributed by atoms with van der Waals surface area (Å²) >= 11 is 0. The fourth-order valence-electron chi connectivity index (χ4n) is 1.30. The number of hydrogen-bond donors (Lipinski definition) is 1. The van der Waals surface area contributed by atoms with E-state index in [1.807, 2.05) is 0 Å². The van der Waals surface area contributed by atoms with E-state index in [4.69, 9.17) is 5.84 Å². The number of nitrogens with two attached hydrogens (primary N) is 1. The van der Waals surface area contributed by atoms with E-state index in [1.165, 1.54) is 31.4 Å². The molecule has 0 amide bonds. The van der Waals surface area contributed by atoms with Crippen molar-refractivity contribution in [1.29, 1.82) is 0 Å². The molecule has 50 valence electrons. The maximum Gasteiger partial charge on any atom is 0.0437 e. The molecule has 2 nitrogen and oxygen atoms in total. The maximum absolute atomic E-state index is 5.24. The van der Waals surface area contributed by atoms with Gasteiger partial charge in [0.05, 0.1) is 0 Å². The molecule has 0 aromatic carbocycles. The predicted molar refractivity (Wildman–Crippen MR) is 37.1 cm³/mol. The second kappa shape index (κ2) is 1.72. The first-order chi connectivity index (χ1) is 4.42. The molecule has 0 atom stereocenters. The molecule has 2 heteroatoms. The molecule has 2 rings (SSSR count). The van der Waals surface area contributed by atoms with Gasteiger partial charge in [0.25, 0.3) is 0 Å². The summed E-state index contributed by atoms with van der Waals surface area (Å²) in [5, 5.41) is 3.83. The Morgan fingerprint density at radius 3 is 1.78 bits per heavy atom. The molecule has 0 bridgehead atoms. The molecule has 2 fully saturated rings. The molecule has 0 aromatic heterocycles. The smallest absolute Gasteiger partial charge is 0.0437 e. The Hall–Kier alpha value is -0.530. The quantitative estimate of drug-likeness (QED) is 0.334. The zero-order valence-corrected chi connectivity index (χ0v) is 5.51. The third kappa shape index (κ3) is 0.934. The monoisotopic (exact) mass is 124 g/mol. The third-order valence-corrected chi connectivity index (χ3v) is 2.14. The Kier molecular flexibility index (Phi) is 1.01. The minimum absolute atomic E-state index is 0.794. The molecule has 2 N–H and O–H groups in total. The fourth-order valence-corrected chi connectivity index (χ4v) is 1.30. The lowest BCUT2D eigenvalue weighted by Crippen LogP contribution is -2.06. The first-order valence-electron chi connectivity index (χ1n) is 3.69. The highest BCUT2D eigenvalue weighted by Crippen LogP contribution is 2.41. The van der Waals surface area contributed by atoms with Crippen molar-refractivity contribution in [2.75, 3.05) is 0 Å². The predicted octanol–water partition coefficient (Wildman–Crippen LogP) is 1.12. The largest absolute Gasteiger partial charge is 0.323 e. The van der Waals surface area contributed by atoms with E-state index in [-0.39, 0.29) is 0 Å². The molecule has 2 aliphatic rings. The van der Waals surface area contributed by atoms with Gasteiger partial charge in [-0.15, -0.1) is 0 Å². The van der Waals surface area contributed by atoms with Gasteiger partial charge in [-0.05, 0) is 37.5 Å². The van der Waals surface area contributed by atoms with Crippen molar-refractivity contribution in [2.24, 2.45) is 22.8 Å². The molecule has 2 saturated carbocycles. The lowest BCUT2D eigenvalue weighted by Gasteiger charge is -1.96. The first-order valence-corrected chi connectivity index (χ1v) is 3.69. The highest BCUT2D eigenvalue weighted by molar-refractivity contribution is 5.92. The van der Waals surface area contributed by atoms with Crippen LogP contribution >= 0.6 is 0 Å². The SMILES string of the molecule is NN=C(C1CC1)C1CC1. The summed E-state index contributed by atoms with van der Waals surface area (Å²) < 4.78 is 0. The van der Waals surface area contributed by atoms with E-state index in [2.05, 4.69) is 5.10 Å². The molecule has 0 spiro atoms. The highest BCUT2D eigenvalue weighted by atomic mass is 15.1. The summed E-state index contributed by atoms with van der Waals surface area (Å²) in [5.41, 5.74) is 1.31. The molecule has 0 saturated heterocycles. The van der Waals surface area contributed by atoms with Crippen LogP contribution in [0.15, 0.2) is 5.10 Å². The van der Waals surface area contributed by atoms with E-state index in [0.717, 1.165) is 11.8 Å². The zero-order valence-electron chi connectivity index (χ0n) is 5.51. The summed E-state index contributed by atoms with van der Waals surface area (Å²) in [6, 6.07) is 0. The summed E-state index contributed by atoms with van der Waals surface area (Å²) in [6.45, 7) is 0. The molecule has 9 heavy (non-hydrogen) atoms. The first kappa shape index (κ1) is 5.27. The van der Waals surface area contributed by atoms with Crippen molar-refractivity contribution in [2.45, 2.75) is 25.7 Å². The average Bonchev–Trinajstić information content (AvgIpc) is 2.61. The van der Waals surface area contributed by atoms with Gasteiger partial charge in [0.15, 0.2) is 0 Å². The number of hydrogen-bond acceptors (Lipinski definition) is 2. The molecule has 0 aromatic rings.